The van der Waals surface area contributed by atoms with Crippen LogP contribution in [-0.4, -0.2) is 47.7 Å². The first-order valence-electron chi connectivity index (χ1n) is 6.93. The third-order valence-corrected chi connectivity index (χ3v) is 2.83. The number of aromatic nitrogens is 2. The third kappa shape index (κ3) is 5.74. The molecule has 1 aromatic rings. The summed E-state index contributed by atoms with van der Waals surface area (Å²) in [5.41, 5.74) is 5.66. The van der Waals surface area contributed by atoms with Gasteiger partial charge < -0.3 is 20.7 Å². The molecule has 0 saturated carbocycles. The number of rotatable bonds is 9. The average Bonchev–Trinajstić information content (AvgIpc) is 2.41. The second-order valence-corrected chi connectivity index (χ2v) is 4.25. The van der Waals surface area contributed by atoms with Gasteiger partial charge in [-0.2, -0.15) is 9.97 Å². The van der Waals surface area contributed by atoms with Crippen molar-refractivity contribution < 1.29 is 4.74 Å². The summed E-state index contributed by atoms with van der Waals surface area (Å²) in [5, 5.41) is 3.18. The highest BCUT2D eigenvalue weighted by molar-refractivity contribution is 5.42. The number of hydrogen-bond acceptors (Lipinski definition) is 6. The van der Waals surface area contributed by atoms with Crippen LogP contribution in [0.4, 0.5) is 11.8 Å². The van der Waals surface area contributed by atoms with Crippen LogP contribution in [0.2, 0.25) is 0 Å². The zero-order chi connectivity index (χ0) is 14.1. The van der Waals surface area contributed by atoms with Gasteiger partial charge in [-0.3, -0.25) is 0 Å². The van der Waals surface area contributed by atoms with Crippen LogP contribution in [0, 0.1) is 0 Å². The molecule has 0 aromatic carbocycles. The van der Waals surface area contributed by atoms with Crippen LogP contribution in [0.1, 0.15) is 27.2 Å². The van der Waals surface area contributed by atoms with Gasteiger partial charge >= 0.3 is 0 Å². The fraction of sp³-hybridized carbons (Fsp3) is 0.692. The van der Waals surface area contributed by atoms with Gasteiger partial charge in [-0.05, 0) is 19.5 Å². The van der Waals surface area contributed by atoms with Crippen LogP contribution >= 0.6 is 0 Å². The summed E-state index contributed by atoms with van der Waals surface area (Å²) in [6.07, 6.45) is 1.03. The molecular formula is C13H25N5O. The quantitative estimate of drug-likeness (QED) is 0.708. The molecular weight excluding hydrogens is 242 g/mol. The third-order valence-electron chi connectivity index (χ3n) is 2.83. The lowest BCUT2D eigenvalue weighted by Crippen LogP contribution is -2.28. The largest absolute Gasteiger partial charge is 0.476 e. The number of ether oxygens (including phenoxy) is 1. The second kappa shape index (κ2) is 8.53. The van der Waals surface area contributed by atoms with Crippen molar-refractivity contribution in [3.05, 3.63) is 6.07 Å². The maximum Gasteiger partial charge on any atom is 0.225 e. The molecule has 0 saturated heterocycles. The van der Waals surface area contributed by atoms with E-state index >= 15 is 0 Å². The lowest BCUT2D eigenvalue weighted by atomic mass is 10.4. The molecule has 0 fully saturated rings. The van der Waals surface area contributed by atoms with Crippen molar-refractivity contribution in [1.29, 1.82) is 0 Å². The first kappa shape index (κ1) is 15.5. The summed E-state index contributed by atoms with van der Waals surface area (Å²) >= 11 is 0. The van der Waals surface area contributed by atoms with E-state index in [-0.39, 0.29) is 5.95 Å². The first-order chi connectivity index (χ1) is 9.19. The van der Waals surface area contributed by atoms with Gasteiger partial charge in [0.2, 0.25) is 11.8 Å². The minimum Gasteiger partial charge on any atom is -0.476 e. The highest BCUT2D eigenvalue weighted by Gasteiger charge is 2.04. The second-order valence-electron chi connectivity index (χ2n) is 4.25. The zero-order valence-corrected chi connectivity index (χ0v) is 12.1. The fourth-order valence-electron chi connectivity index (χ4n) is 1.68. The van der Waals surface area contributed by atoms with Crippen LogP contribution in [-0.2, 0) is 0 Å². The van der Waals surface area contributed by atoms with E-state index in [4.69, 9.17) is 10.5 Å². The summed E-state index contributed by atoms with van der Waals surface area (Å²) < 4.78 is 5.63. The maximum atomic E-state index is 5.66. The molecule has 0 amide bonds. The number of anilines is 2. The predicted octanol–water partition coefficient (Wildman–Crippen LogP) is 1.60. The van der Waals surface area contributed by atoms with Gasteiger partial charge in [0.1, 0.15) is 12.4 Å². The van der Waals surface area contributed by atoms with Crippen molar-refractivity contribution in [3.63, 3.8) is 0 Å². The van der Waals surface area contributed by atoms with E-state index < -0.39 is 0 Å². The smallest absolute Gasteiger partial charge is 0.225 e. The minimum absolute atomic E-state index is 0.235. The van der Waals surface area contributed by atoms with E-state index in [1.165, 1.54) is 0 Å². The van der Waals surface area contributed by atoms with Gasteiger partial charge in [0.25, 0.3) is 0 Å². The molecule has 0 atom stereocenters. The van der Waals surface area contributed by atoms with Crippen molar-refractivity contribution in [1.82, 2.24) is 14.9 Å². The van der Waals surface area contributed by atoms with E-state index in [0.29, 0.717) is 18.3 Å². The van der Waals surface area contributed by atoms with E-state index in [2.05, 4.69) is 41.0 Å². The Morgan fingerprint density at radius 3 is 2.63 bits per heavy atom. The lowest BCUT2D eigenvalue weighted by molar-refractivity contribution is 0.218. The summed E-state index contributed by atoms with van der Waals surface area (Å²) in [6.45, 7) is 10.8. The number of nitrogens with two attached hydrogens (primary N) is 1. The van der Waals surface area contributed by atoms with E-state index in [1.54, 1.807) is 6.07 Å². The Bertz CT molecular complexity index is 368. The Kier molecular flexibility index (Phi) is 6.95. The van der Waals surface area contributed by atoms with Gasteiger partial charge in [-0.15, -0.1) is 0 Å². The first-order valence-corrected chi connectivity index (χ1v) is 6.93. The Morgan fingerprint density at radius 1 is 1.26 bits per heavy atom. The Labute approximate surface area is 115 Å². The summed E-state index contributed by atoms with van der Waals surface area (Å²) in [4.78, 5) is 10.5. The molecule has 19 heavy (non-hydrogen) atoms. The van der Waals surface area contributed by atoms with Gasteiger partial charge in [-0.25, -0.2) is 0 Å². The van der Waals surface area contributed by atoms with Crippen molar-refractivity contribution in [2.45, 2.75) is 27.2 Å². The molecule has 0 aliphatic heterocycles. The number of nitrogens with zero attached hydrogens (tertiary/aromatic N) is 3. The number of nitrogen functional groups attached to an aromatic ring is 1. The standard InChI is InChI=1S/C13H25N5O/c1-4-7-15-11-10-12(17-13(14)16-11)19-9-8-18(5-2)6-3/h10H,4-9H2,1-3H3,(H3,14,15,16,17). The van der Waals surface area contributed by atoms with Gasteiger partial charge in [0.15, 0.2) is 0 Å². The molecule has 0 bridgehead atoms. The molecule has 1 rings (SSSR count). The normalized spacial score (nSPS) is 10.7. The summed E-state index contributed by atoms with van der Waals surface area (Å²) in [7, 11) is 0. The van der Waals surface area contributed by atoms with Gasteiger partial charge in [0.05, 0.1) is 0 Å². The molecule has 6 nitrogen and oxygen atoms in total. The van der Waals surface area contributed by atoms with E-state index in [0.717, 1.165) is 32.6 Å². The number of likely N-dealkylation sites (N-methyl/N-ethyl adjacent to an activating group) is 1. The monoisotopic (exact) mass is 267 g/mol. The minimum atomic E-state index is 0.235. The molecule has 1 heterocycles. The lowest BCUT2D eigenvalue weighted by Gasteiger charge is -2.17. The molecule has 6 heteroatoms. The highest BCUT2D eigenvalue weighted by Crippen LogP contribution is 2.14. The maximum absolute atomic E-state index is 5.66. The molecule has 0 spiro atoms. The summed E-state index contributed by atoms with van der Waals surface area (Å²) in [6, 6.07) is 1.79. The molecule has 0 aliphatic carbocycles. The molecule has 3 N–H and O–H groups in total. The van der Waals surface area contributed by atoms with E-state index in [9.17, 15) is 0 Å². The van der Waals surface area contributed by atoms with Crippen LogP contribution in [0.15, 0.2) is 6.07 Å². The Morgan fingerprint density at radius 2 is 2.00 bits per heavy atom. The summed E-state index contributed by atoms with van der Waals surface area (Å²) in [5.74, 6) is 1.48. The molecule has 0 radical (unpaired) electrons. The Hall–Kier alpha value is -1.56. The van der Waals surface area contributed by atoms with Gasteiger partial charge in [0, 0.05) is 19.2 Å². The van der Waals surface area contributed by atoms with Crippen molar-refractivity contribution >= 4 is 11.8 Å². The molecule has 0 unspecified atom stereocenters. The SMILES string of the molecule is CCCNc1cc(OCCN(CC)CC)nc(N)n1. The Balaban J connectivity index is 2.50. The molecule has 1 aromatic heterocycles. The fourth-order valence-corrected chi connectivity index (χ4v) is 1.68. The predicted molar refractivity (Wildman–Crippen MR) is 78.5 cm³/mol. The highest BCUT2D eigenvalue weighted by atomic mass is 16.5. The molecule has 0 aliphatic rings. The van der Waals surface area contributed by atoms with Crippen LogP contribution in [0.3, 0.4) is 0 Å². The van der Waals surface area contributed by atoms with Crippen LogP contribution < -0.4 is 15.8 Å². The van der Waals surface area contributed by atoms with Crippen molar-refractivity contribution in [3.8, 4) is 5.88 Å². The topological polar surface area (TPSA) is 76.3 Å². The zero-order valence-electron chi connectivity index (χ0n) is 12.1. The van der Waals surface area contributed by atoms with Crippen molar-refractivity contribution in [2.24, 2.45) is 0 Å². The van der Waals surface area contributed by atoms with Gasteiger partial charge in [-0.1, -0.05) is 20.8 Å². The van der Waals surface area contributed by atoms with E-state index in [1.807, 2.05) is 0 Å². The van der Waals surface area contributed by atoms with Crippen molar-refractivity contribution in [2.75, 3.05) is 43.8 Å². The average molecular weight is 267 g/mol. The molecule has 108 valence electrons. The number of nitrogens with one attached hydrogen (secondary N) is 1. The van der Waals surface area contributed by atoms with Crippen LogP contribution in [0.5, 0.6) is 5.88 Å². The van der Waals surface area contributed by atoms with Crippen LogP contribution in [0.25, 0.3) is 0 Å². The number of hydrogen-bond donors (Lipinski definition) is 2.